The molecule has 243 valence electrons. The van der Waals surface area contributed by atoms with E-state index < -0.39 is 0 Å². The number of aromatic nitrogens is 8. The Morgan fingerprint density at radius 1 is 0.306 bits per heavy atom. The summed E-state index contributed by atoms with van der Waals surface area (Å²) < 4.78 is 0. The molecule has 1 radical (unpaired) electrons. The summed E-state index contributed by atoms with van der Waals surface area (Å²) in [6.07, 6.45) is 0. The van der Waals surface area contributed by atoms with Crippen molar-refractivity contribution in [3.05, 3.63) is 93.0 Å². The number of fused-ring (bicyclic) bond motifs is 20. The number of nitrogens with zero attached hydrogens (tertiary/aromatic N) is 8. The molecule has 0 fully saturated rings. The van der Waals surface area contributed by atoms with Crippen LogP contribution in [0.2, 0.25) is 0 Å². The Bertz CT molecular complexity index is 2400. The molecule has 0 amide bonds. The second kappa shape index (κ2) is 10.9. The molecule has 9 rings (SSSR count). The van der Waals surface area contributed by atoms with E-state index in [1.54, 1.807) is 0 Å². The fraction of sp³-hybridized carbons (Fsp3) is 0.200. The van der Waals surface area contributed by atoms with Crippen LogP contribution >= 0.6 is 0 Å². The largest absolute Gasteiger partial charge is 2.00 e. The molecule has 0 unspecified atom stereocenters. The molecule has 2 aliphatic heterocycles. The van der Waals surface area contributed by atoms with E-state index in [1.165, 1.54) is 0 Å². The maximum Gasteiger partial charge on any atom is 2.00 e. The summed E-state index contributed by atoms with van der Waals surface area (Å²) in [5.41, 5.74) is 14.8. The van der Waals surface area contributed by atoms with Gasteiger partial charge in [0.05, 0.1) is 23.3 Å². The van der Waals surface area contributed by atoms with Gasteiger partial charge >= 0.3 is 17.1 Å². The van der Waals surface area contributed by atoms with Crippen LogP contribution in [-0.2, 0) is 17.1 Å². The van der Waals surface area contributed by atoms with Crippen molar-refractivity contribution < 1.29 is 17.1 Å². The van der Waals surface area contributed by atoms with E-state index in [0.29, 0.717) is 45.9 Å². The van der Waals surface area contributed by atoms with Crippen LogP contribution in [-0.4, -0.2) is 29.9 Å². The summed E-state index contributed by atoms with van der Waals surface area (Å²) in [7, 11) is 0. The second-order valence-corrected chi connectivity index (χ2v) is 13.3. The van der Waals surface area contributed by atoms with Crippen LogP contribution in [0.25, 0.3) is 89.7 Å². The zero-order valence-electron chi connectivity index (χ0n) is 28.5. The van der Waals surface area contributed by atoms with Crippen molar-refractivity contribution in [1.29, 1.82) is 0 Å². The molecule has 0 aliphatic carbocycles. The van der Waals surface area contributed by atoms with Gasteiger partial charge in [0.25, 0.3) is 0 Å². The molecule has 0 atom stereocenters. The van der Waals surface area contributed by atoms with Crippen molar-refractivity contribution in [3.63, 3.8) is 0 Å². The normalized spacial score (nSPS) is 11.9. The quantitative estimate of drug-likeness (QED) is 0.146. The molecule has 49 heavy (non-hydrogen) atoms. The maximum absolute atomic E-state index is 5.22. The van der Waals surface area contributed by atoms with Gasteiger partial charge in [0.2, 0.25) is 0 Å². The zero-order valence-corrected chi connectivity index (χ0v) is 29.4. The summed E-state index contributed by atoms with van der Waals surface area (Å²) >= 11 is 0. The second-order valence-electron chi connectivity index (χ2n) is 13.3. The first-order valence-corrected chi connectivity index (χ1v) is 16.2. The Morgan fingerprint density at radius 2 is 0.510 bits per heavy atom. The molecule has 4 aromatic carbocycles. The Kier molecular flexibility index (Phi) is 6.90. The molecule has 2 aliphatic rings. The summed E-state index contributed by atoms with van der Waals surface area (Å²) in [6, 6.07) is 16.9. The van der Waals surface area contributed by atoms with Crippen LogP contribution in [0.1, 0.15) is 44.5 Å². The summed E-state index contributed by atoms with van der Waals surface area (Å²) in [5.74, 6) is 2.35. The minimum absolute atomic E-state index is 0. The molecule has 0 spiro atoms. The van der Waals surface area contributed by atoms with E-state index >= 15 is 0 Å². The van der Waals surface area contributed by atoms with Crippen LogP contribution in [0, 0.1) is 55.4 Å². The molecule has 7 aromatic rings. The van der Waals surface area contributed by atoms with Crippen molar-refractivity contribution in [3.8, 4) is 45.6 Å². The first kappa shape index (κ1) is 31.1. The molecule has 0 N–H and O–H groups in total. The SMILES string of the molecule is Cc1ccc(C)c2c1-c1nc-2nc2[n-]c(nc3nc(nc4[n-]c(n1)c1c(C)ccc(C)c41)-c1c(C)ccc(C)c1-3)c1c(C)ccc(C)c21.[Cu+2]. The van der Waals surface area contributed by atoms with Crippen molar-refractivity contribution in [2.24, 2.45) is 0 Å². The first-order valence-electron chi connectivity index (χ1n) is 16.2. The molecular weight excluding hydrogens is 656 g/mol. The molecular formula is C40H32CuN8. The van der Waals surface area contributed by atoms with Gasteiger partial charge in [0, 0.05) is 44.8 Å². The minimum atomic E-state index is 0. The van der Waals surface area contributed by atoms with Crippen LogP contribution in [0.5, 0.6) is 0 Å². The molecule has 8 nitrogen and oxygen atoms in total. The standard InChI is InChI=1S/C40H32N8.Cu/c1-17-9-10-18(2)26-25(17)33-41-34(26)46-36-29-21(5)13-14-22(6)30(29)38(43-36)48-40-32-24(8)16-15-23(7)31(32)39(44-40)47-37-28-20(4)12-11-19(3)27(28)35(42-37)45-33;/h9-16H,1-8H3;/q-2;+2. The van der Waals surface area contributed by atoms with Crippen LogP contribution in [0.4, 0.5) is 0 Å². The van der Waals surface area contributed by atoms with Gasteiger partial charge < -0.3 is 29.9 Å². The predicted octanol–water partition coefficient (Wildman–Crippen LogP) is 8.59. The van der Waals surface area contributed by atoms with Crippen LogP contribution < -0.4 is 9.97 Å². The first-order chi connectivity index (χ1) is 23.1. The van der Waals surface area contributed by atoms with Gasteiger partial charge in [-0.25, -0.2) is 9.97 Å². The Morgan fingerprint density at radius 3 is 0.735 bits per heavy atom. The third kappa shape index (κ3) is 4.42. The van der Waals surface area contributed by atoms with Gasteiger partial charge in [-0.2, -0.15) is 0 Å². The third-order valence-corrected chi connectivity index (χ3v) is 9.97. The van der Waals surface area contributed by atoms with E-state index in [2.05, 4.69) is 104 Å². The molecule has 8 bridgehead atoms. The van der Waals surface area contributed by atoms with Crippen molar-refractivity contribution in [1.82, 2.24) is 39.9 Å². The Labute approximate surface area is 294 Å². The fourth-order valence-electron chi connectivity index (χ4n) is 7.45. The molecule has 0 saturated carbocycles. The van der Waals surface area contributed by atoms with Gasteiger partial charge in [0.15, 0.2) is 0 Å². The zero-order chi connectivity index (χ0) is 33.2. The van der Waals surface area contributed by atoms with E-state index in [9.17, 15) is 0 Å². The predicted molar refractivity (Wildman–Crippen MR) is 192 cm³/mol. The Hall–Kier alpha value is -5.24. The van der Waals surface area contributed by atoms with E-state index in [-0.39, 0.29) is 17.1 Å². The summed E-state index contributed by atoms with van der Waals surface area (Å²) in [6.45, 7) is 16.7. The van der Waals surface area contributed by atoms with E-state index in [0.717, 1.165) is 88.3 Å². The minimum Gasteiger partial charge on any atom is -0.357 e. The third-order valence-electron chi connectivity index (χ3n) is 9.97. The molecule has 3 aromatic heterocycles. The smallest absolute Gasteiger partial charge is 0.357 e. The average Bonchev–Trinajstić information content (AvgIpc) is 3.80. The van der Waals surface area contributed by atoms with Gasteiger partial charge in [-0.3, -0.25) is 0 Å². The fourth-order valence-corrected chi connectivity index (χ4v) is 7.45. The van der Waals surface area contributed by atoms with Gasteiger partial charge in [0.1, 0.15) is 0 Å². The van der Waals surface area contributed by atoms with Gasteiger partial charge in [-0.05, 0) is 121 Å². The average molecular weight is 688 g/mol. The monoisotopic (exact) mass is 687 g/mol. The van der Waals surface area contributed by atoms with Gasteiger partial charge in [-0.1, -0.05) is 48.5 Å². The number of benzene rings is 4. The molecule has 5 heterocycles. The van der Waals surface area contributed by atoms with Gasteiger partial charge in [-0.15, -0.1) is 0 Å². The number of hydrogen-bond acceptors (Lipinski definition) is 6. The number of aryl methyl sites for hydroxylation is 8. The topological polar surface area (TPSA) is 106 Å². The van der Waals surface area contributed by atoms with E-state index in [1.807, 2.05) is 0 Å². The summed E-state index contributed by atoms with van der Waals surface area (Å²) in [5, 5.41) is 3.85. The van der Waals surface area contributed by atoms with Crippen molar-refractivity contribution in [2.75, 3.05) is 0 Å². The van der Waals surface area contributed by atoms with E-state index in [4.69, 9.17) is 39.9 Å². The van der Waals surface area contributed by atoms with Crippen molar-refractivity contribution in [2.45, 2.75) is 55.4 Å². The van der Waals surface area contributed by atoms with Crippen LogP contribution in [0.15, 0.2) is 48.5 Å². The Balaban J connectivity index is 0.00000348. The molecule has 0 saturated heterocycles. The summed E-state index contributed by atoms with van der Waals surface area (Å²) in [4.78, 5) is 41.3. The molecule has 9 heteroatoms. The maximum atomic E-state index is 5.22. The van der Waals surface area contributed by atoms with Crippen molar-refractivity contribution >= 4 is 44.1 Å². The van der Waals surface area contributed by atoms with Crippen LogP contribution in [0.3, 0.4) is 0 Å². The number of hydrogen-bond donors (Lipinski definition) is 0. The number of rotatable bonds is 0.